The molecule has 3 aromatic rings. The number of benzene rings is 1. The summed E-state index contributed by atoms with van der Waals surface area (Å²) in [7, 11) is 3.78. The number of rotatable bonds is 4. The number of aromatic nitrogens is 2. The number of thiazole rings is 2. The van der Waals surface area contributed by atoms with E-state index >= 15 is 0 Å². The summed E-state index contributed by atoms with van der Waals surface area (Å²) in [5, 5.41) is 8.23. The molecule has 134 valence electrons. The molecule has 0 amide bonds. The quantitative estimate of drug-likeness (QED) is 0.320. The molecular formula is C16H19ClIN5S2. The Morgan fingerprint density at radius 3 is 2.84 bits per heavy atom. The summed E-state index contributed by atoms with van der Waals surface area (Å²) < 4.78 is 1.14. The van der Waals surface area contributed by atoms with Gasteiger partial charge >= 0.3 is 0 Å². The van der Waals surface area contributed by atoms with Crippen LogP contribution in [0.1, 0.15) is 15.7 Å². The van der Waals surface area contributed by atoms with Gasteiger partial charge in [0.05, 0.1) is 34.0 Å². The minimum atomic E-state index is 0. The second-order valence-corrected chi connectivity index (χ2v) is 7.95. The molecule has 0 aliphatic carbocycles. The predicted molar refractivity (Wildman–Crippen MR) is 119 cm³/mol. The van der Waals surface area contributed by atoms with Crippen LogP contribution in [0, 0.1) is 6.92 Å². The van der Waals surface area contributed by atoms with Crippen LogP contribution in [0.5, 0.6) is 0 Å². The van der Waals surface area contributed by atoms with Gasteiger partial charge in [-0.05, 0) is 25.1 Å². The molecule has 9 heteroatoms. The lowest BCUT2D eigenvalue weighted by atomic mass is 10.3. The number of fused-ring (bicyclic) bond motifs is 1. The highest BCUT2D eigenvalue weighted by atomic mass is 127. The van der Waals surface area contributed by atoms with Crippen molar-refractivity contribution in [1.29, 1.82) is 0 Å². The zero-order chi connectivity index (χ0) is 17.1. The van der Waals surface area contributed by atoms with Gasteiger partial charge in [-0.1, -0.05) is 11.6 Å². The Labute approximate surface area is 177 Å². The van der Waals surface area contributed by atoms with Gasteiger partial charge in [-0.3, -0.25) is 4.99 Å². The lowest BCUT2D eigenvalue weighted by Gasteiger charge is -2.20. The predicted octanol–water partition coefficient (Wildman–Crippen LogP) is 4.54. The fraction of sp³-hybridized carbons (Fsp3) is 0.312. The van der Waals surface area contributed by atoms with Crippen LogP contribution < -0.4 is 5.32 Å². The summed E-state index contributed by atoms with van der Waals surface area (Å²) in [5.74, 6) is 0.818. The largest absolute Gasteiger partial charge is 0.350 e. The van der Waals surface area contributed by atoms with E-state index in [1.807, 2.05) is 32.2 Å². The number of aliphatic imine (C=N–C) groups is 1. The minimum Gasteiger partial charge on any atom is -0.350 e. The van der Waals surface area contributed by atoms with Crippen LogP contribution in [0.3, 0.4) is 0 Å². The molecule has 0 bridgehead atoms. The molecule has 0 radical (unpaired) electrons. The third-order valence-corrected chi connectivity index (χ3v) is 5.52. The molecule has 0 atom stereocenters. The van der Waals surface area contributed by atoms with Crippen molar-refractivity contribution in [3.8, 4) is 0 Å². The molecule has 5 nitrogen and oxygen atoms in total. The number of nitrogens with zero attached hydrogens (tertiary/aromatic N) is 4. The Kier molecular flexibility index (Phi) is 7.41. The Bertz CT molecular complexity index is 876. The second kappa shape index (κ2) is 9.11. The number of halogens is 2. The number of guanidine groups is 1. The van der Waals surface area contributed by atoms with Crippen LogP contribution in [-0.2, 0) is 13.1 Å². The molecule has 2 heterocycles. The fourth-order valence-electron chi connectivity index (χ4n) is 2.36. The van der Waals surface area contributed by atoms with Gasteiger partial charge in [-0.2, -0.15) is 0 Å². The molecule has 2 aromatic heterocycles. The average Bonchev–Trinajstić information content (AvgIpc) is 3.13. The van der Waals surface area contributed by atoms with Crippen molar-refractivity contribution in [2.45, 2.75) is 20.0 Å². The Balaban J connectivity index is 0.00000225. The molecule has 25 heavy (non-hydrogen) atoms. The van der Waals surface area contributed by atoms with E-state index in [-0.39, 0.29) is 24.0 Å². The van der Waals surface area contributed by atoms with Gasteiger partial charge in [0.25, 0.3) is 0 Å². The van der Waals surface area contributed by atoms with E-state index in [9.17, 15) is 0 Å². The van der Waals surface area contributed by atoms with Crippen molar-refractivity contribution in [1.82, 2.24) is 20.2 Å². The summed E-state index contributed by atoms with van der Waals surface area (Å²) in [6.45, 7) is 3.37. The first-order chi connectivity index (χ1) is 11.5. The van der Waals surface area contributed by atoms with E-state index in [2.05, 4.69) is 30.6 Å². The average molecular weight is 508 g/mol. The van der Waals surface area contributed by atoms with Crippen molar-refractivity contribution in [3.05, 3.63) is 44.3 Å². The van der Waals surface area contributed by atoms with Crippen molar-refractivity contribution in [2.75, 3.05) is 14.1 Å². The molecule has 0 spiro atoms. The van der Waals surface area contributed by atoms with E-state index in [4.69, 9.17) is 11.6 Å². The summed E-state index contributed by atoms with van der Waals surface area (Å²) in [4.78, 5) is 15.5. The number of aryl methyl sites for hydroxylation is 1. The minimum absolute atomic E-state index is 0. The first-order valence-corrected chi connectivity index (χ1v) is 9.50. The standard InChI is InChI=1S/C16H18ClN5S2.HI/c1-10-20-12(9-23-10)8-22(3)16(18-2)19-7-15-21-13-6-11(17)4-5-14(13)24-15;/h4-6,9H,7-8H2,1-3H3,(H,18,19);1H. The highest BCUT2D eigenvalue weighted by Crippen LogP contribution is 2.24. The van der Waals surface area contributed by atoms with Crippen molar-refractivity contribution in [2.24, 2.45) is 4.99 Å². The first kappa shape index (κ1) is 20.3. The summed E-state index contributed by atoms with van der Waals surface area (Å²) in [5.41, 5.74) is 1.99. The normalized spacial score (nSPS) is 11.4. The smallest absolute Gasteiger partial charge is 0.194 e. The molecule has 1 N–H and O–H groups in total. The van der Waals surface area contributed by atoms with Gasteiger partial charge in [0.15, 0.2) is 5.96 Å². The van der Waals surface area contributed by atoms with Gasteiger partial charge in [0.2, 0.25) is 0 Å². The van der Waals surface area contributed by atoms with Crippen molar-refractivity contribution in [3.63, 3.8) is 0 Å². The van der Waals surface area contributed by atoms with Gasteiger partial charge in [0, 0.05) is 24.5 Å². The molecule has 3 rings (SSSR count). The molecule has 0 aliphatic rings. The third kappa shape index (κ3) is 5.25. The Morgan fingerprint density at radius 2 is 2.16 bits per heavy atom. The summed E-state index contributed by atoms with van der Waals surface area (Å²) in [6.07, 6.45) is 0. The maximum absolute atomic E-state index is 6.02. The number of hydrogen-bond acceptors (Lipinski definition) is 5. The van der Waals surface area contributed by atoms with Gasteiger partial charge in [-0.25, -0.2) is 9.97 Å². The highest BCUT2D eigenvalue weighted by Gasteiger charge is 2.10. The molecule has 0 fully saturated rings. The van der Waals surface area contributed by atoms with E-state index < -0.39 is 0 Å². The number of nitrogens with one attached hydrogen (secondary N) is 1. The monoisotopic (exact) mass is 507 g/mol. The van der Waals surface area contributed by atoms with E-state index in [1.165, 1.54) is 0 Å². The molecule has 0 saturated carbocycles. The maximum atomic E-state index is 6.02. The van der Waals surface area contributed by atoms with Crippen molar-refractivity contribution < 1.29 is 0 Å². The lowest BCUT2D eigenvalue weighted by molar-refractivity contribution is 0.470. The van der Waals surface area contributed by atoms with Gasteiger partial charge < -0.3 is 10.2 Å². The maximum Gasteiger partial charge on any atom is 0.194 e. The molecular weight excluding hydrogens is 489 g/mol. The van der Waals surface area contributed by atoms with Crippen LogP contribution in [-0.4, -0.2) is 34.9 Å². The highest BCUT2D eigenvalue weighted by molar-refractivity contribution is 14.0. The van der Waals surface area contributed by atoms with Crippen molar-refractivity contribution >= 4 is 74.4 Å². The van der Waals surface area contributed by atoms with Crippen LogP contribution in [0.2, 0.25) is 5.02 Å². The van der Waals surface area contributed by atoms with Crippen LogP contribution >= 0.6 is 58.3 Å². The van der Waals surface area contributed by atoms with Crippen LogP contribution in [0.4, 0.5) is 0 Å². The van der Waals surface area contributed by atoms with E-state index in [0.29, 0.717) is 11.6 Å². The first-order valence-electron chi connectivity index (χ1n) is 7.43. The zero-order valence-corrected chi connectivity index (χ0v) is 18.8. The summed E-state index contributed by atoms with van der Waals surface area (Å²) >= 11 is 9.34. The van der Waals surface area contributed by atoms with Gasteiger partial charge in [0.1, 0.15) is 5.01 Å². The molecule has 1 aromatic carbocycles. The Morgan fingerprint density at radius 1 is 1.36 bits per heavy atom. The third-order valence-electron chi connectivity index (χ3n) is 3.43. The summed E-state index contributed by atoms with van der Waals surface area (Å²) in [6, 6.07) is 5.79. The fourth-order valence-corrected chi connectivity index (χ4v) is 4.02. The van der Waals surface area contributed by atoms with E-state index in [1.54, 1.807) is 29.7 Å². The molecule has 0 aliphatic heterocycles. The topological polar surface area (TPSA) is 53.4 Å². The number of hydrogen-bond donors (Lipinski definition) is 1. The second-order valence-electron chi connectivity index (χ2n) is 5.33. The zero-order valence-electron chi connectivity index (χ0n) is 14.1. The SMILES string of the molecule is CN=C(NCc1nc2cc(Cl)ccc2s1)N(C)Cc1csc(C)n1.I. The molecule has 0 unspecified atom stereocenters. The lowest BCUT2D eigenvalue weighted by Crippen LogP contribution is -2.38. The van der Waals surface area contributed by atoms with E-state index in [0.717, 1.165) is 38.4 Å². The van der Waals surface area contributed by atoms with Crippen LogP contribution in [0.15, 0.2) is 28.6 Å². The van der Waals surface area contributed by atoms with Crippen LogP contribution in [0.25, 0.3) is 10.2 Å². The Hall–Kier alpha value is -0.970. The molecule has 0 saturated heterocycles. The van der Waals surface area contributed by atoms with Gasteiger partial charge in [-0.15, -0.1) is 46.7 Å².